The van der Waals surface area contributed by atoms with Crippen molar-refractivity contribution in [1.29, 1.82) is 0 Å². The zero-order chi connectivity index (χ0) is 15.4. The molecule has 116 valence electrons. The second-order valence-corrected chi connectivity index (χ2v) is 6.17. The molecule has 1 unspecified atom stereocenters. The average molecular weight is 310 g/mol. The number of likely N-dealkylation sites (tertiary alicyclic amines) is 1. The molecular weight excluding hydrogens is 286 g/mol. The van der Waals surface area contributed by atoms with Crippen LogP contribution in [0.3, 0.4) is 0 Å². The maximum atomic E-state index is 12.7. The van der Waals surface area contributed by atoms with Gasteiger partial charge in [-0.25, -0.2) is 0 Å². The van der Waals surface area contributed by atoms with Gasteiger partial charge in [0.05, 0.1) is 11.4 Å². The fourth-order valence-corrected chi connectivity index (χ4v) is 2.92. The molecule has 1 aliphatic rings. The smallest absolute Gasteiger partial charge is 0.244 e. The summed E-state index contributed by atoms with van der Waals surface area (Å²) in [5.41, 5.74) is 7.45. The van der Waals surface area contributed by atoms with Crippen molar-refractivity contribution in [3.63, 3.8) is 0 Å². The van der Waals surface area contributed by atoms with Crippen LogP contribution in [0.25, 0.3) is 0 Å². The molecule has 1 aliphatic heterocycles. The van der Waals surface area contributed by atoms with Gasteiger partial charge in [-0.3, -0.25) is 4.79 Å². The highest BCUT2D eigenvalue weighted by atomic mass is 35.5. The molecule has 0 bridgehead atoms. The Kier molecular flexibility index (Phi) is 5.34. The van der Waals surface area contributed by atoms with E-state index >= 15 is 0 Å². The SMILES string of the molecule is CC(C(=O)N1CCCCCC1)N(C)c1cc(Cl)ccc1N. The topological polar surface area (TPSA) is 49.6 Å². The third-order valence-electron chi connectivity index (χ3n) is 4.23. The minimum Gasteiger partial charge on any atom is -0.397 e. The highest BCUT2D eigenvalue weighted by Crippen LogP contribution is 2.28. The van der Waals surface area contributed by atoms with E-state index < -0.39 is 0 Å². The lowest BCUT2D eigenvalue weighted by atomic mass is 10.2. The van der Waals surface area contributed by atoms with Crippen LogP contribution in [0, 0.1) is 0 Å². The molecule has 5 heteroatoms. The number of carbonyl (C=O) groups excluding carboxylic acids is 1. The van der Waals surface area contributed by atoms with Crippen LogP contribution < -0.4 is 10.6 Å². The van der Waals surface area contributed by atoms with E-state index in [0.29, 0.717) is 10.7 Å². The maximum Gasteiger partial charge on any atom is 0.244 e. The molecule has 1 fully saturated rings. The number of nitrogen functional groups attached to an aromatic ring is 1. The summed E-state index contributed by atoms with van der Waals surface area (Å²) in [6.07, 6.45) is 4.63. The number of likely N-dealkylation sites (N-methyl/N-ethyl adjacent to an activating group) is 1. The summed E-state index contributed by atoms with van der Waals surface area (Å²) in [5, 5.41) is 0.625. The number of benzene rings is 1. The van der Waals surface area contributed by atoms with Gasteiger partial charge in [-0.2, -0.15) is 0 Å². The van der Waals surface area contributed by atoms with Crippen LogP contribution in [0.1, 0.15) is 32.6 Å². The first-order valence-electron chi connectivity index (χ1n) is 7.57. The van der Waals surface area contributed by atoms with E-state index in [-0.39, 0.29) is 11.9 Å². The van der Waals surface area contributed by atoms with Crippen molar-refractivity contribution in [3.05, 3.63) is 23.2 Å². The second-order valence-electron chi connectivity index (χ2n) is 5.73. The highest BCUT2D eigenvalue weighted by Gasteiger charge is 2.25. The second kappa shape index (κ2) is 7.03. The fraction of sp³-hybridized carbons (Fsp3) is 0.562. The number of rotatable bonds is 3. The summed E-state index contributed by atoms with van der Waals surface area (Å²) >= 11 is 6.04. The van der Waals surface area contributed by atoms with Crippen molar-refractivity contribution in [2.24, 2.45) is 0 Å². The Balaban J connectivity index is 2.12. The van der Waals surface area contributed by atoms with E-state index in [1.54, 1.807) is 12.1 Å². The Morgan fingerprint density at radius 2 is 1.90 bits per heavy atom. The summed E-state index contributed by atoms with van der Waals surface area (Å²) in [6.45, 7) is 3.65. The molecule has 1 saturated heterocycles. The Morgan fingerprint density at radius 3 is 2.52 bits per heavy atom. The van der Waals surface area contributed by atoms with Crippen LogP contribution in [-0.2, 0) is 4.79 Å². The molecule has 0 aromatic heterocycles. The standard InChI is InChI=1S/C16H24ClN3O/c1-12(16(21)20-9-5-3-4-6-10-20)19(2)15-11-13(17)7-8-14(15)18/h7-8,11-12H,3-6,9-10,18H2,1-2H3. The van der Waals surface area contributed by atoms with Gasteiger partial charge in [0.2, 0.25) is 5.91 Å². The van der Waals surface area contributed by atoms with Gasteiger partial charge in [0.1, 0.15) is 6.04 Å². The van der Waals surface area contributed by atoms with E-state index in [1.807, 2.05) is 29.8 Å². The predicted octanol–water partition coefficient (Wildman–Crippen LogP) is 3.15. The molecule has 1 heterocycles. The number of nitrogens with zero attached hydrogens (tertiary/aromatic N) is 2. The van der Waals surface area contributed by atoms with E-state index in [9.17, 15) is 4.79 Å². The summed E-state index contributed by atoms with van der Waals surface area (Å²) < 4.78 is 0. The lowest BCUT2D eigenvalue weighted by molar-refractivity contribution is -0.132. The molecule has 1 aromatic rings. The summed E-state index contributed by atoms with van der Waals surface area (Å²) in [4.78, 5) is 16.6. The number of amides is 1. The molecule has 4 nitrogen and oxygen atoms in total. The van der Waals surface area contributed by atoms with Crippen molar-refractivity contribution in [3.8, 4) is 0 Å². The first kappa shape index (κ1) is 16.0. The van der Waals surface area contributed by atoms with Crippen molar-refractivity contribution < 1.29 is 4.79 Å². The molecular formula is C16H24ClN3O. The lowest BCUT2D eigenvalue weighted by Crippen LogP contribution is -2.46. The van der Waals surface area contributed by atoms with Gasteiger partial charge < -0.3 is 15.5 Å². The van der Waals surface area contributed by atoms with Gasteiger partial charge in [0, 0.05) is 25.2 Å². The normalized spacial score (nSPS) is 17.2. The number of anilines is 2. The van der Waals surface area contributed by atoms with Gasteiger partial charge in [0.25, 0.3) is 0 Å². The molecule has 0 saturated carbocycles. The molecule has 1 atom stereocenters. The van der Waals surface area contributed by atoms with Gasteiger partial charge in [-0.15, -0.1) is 0 Å². The zero-order valence-corrected chi connectivity index (χ0v) is 13.6. The van der Waals surface area contributed by atoms with Crippen molar-refractivity contribution >= 4 is 28.9 Å². The molecule has 1 amide bonds. The fourth-order valence-electron chi connectivity index (χ4n) is 2.75. The number of nitrogens with two attached hydrogens (primary N) is 1. The molecule has 0 radical (unpaired) electrons. The monoisotopic (exact) mass is 309 g/mol. The number of halogens is 1. The molecule has 2 rings (SSSR count). The molecule has 0 aliphatic carbocycles. The third-order valence-corrected chi connectivity index (χ3v) is 4.46. The summed E-state index contributed by atoms with van der Waals surface area (Å²) in [6, 6.07) is 5.10. The maximum absolute atomic E-state index is 12.7. The van der Waals surface area contributed by atoms with Crippen molar-refractivity contribution in [2.45, 2.75) is 38.6 Å². The Hall–Kier alpha value is -1.42. The number of hydrogen-bond acceptors (Lipinski definition) is 3. The quantitative estimate of drug-likeness (QED) is 0.873. The van der Waals surface area contributed by atoms with Crippen LogP contribution in [0.5, 0.6) is 0 Å². The van der Waals surface area contributed by atoms with Gasteiger partial charge in [0.15, 0.2) is 0 Å². The minimum absolute atomic E-state index is 0.166. The average Bonchev–Trinajstić information content (AvgIpc) is 2.76. The van der Waals surface area contributed by atoms with Gasteiger partial charge in [-0.1, -0.05) is 24.4 Å². The van der Waals surface area contributed by atoms with E-state index in [1.165, 1.54) is 12.8 Å². The van der Waals surface area contributed by atoms with Crippen molar-refractivity contribution in [2.75, 3.05) is 30.8 Å². The Bertz CT molecular complexity index is 498. The van der Waals surface area contributed by atoms with Crippen LogP contribution >= 0.6 is 11.6 Å². The Labute approximate surface area is 131 Å². The third kappa shape index (κ3) is 3.82. The van der Waals surface area contributed by atoms with Crippen LogP contribution in [0.2, 0.25) is 5.02 Å². The molecule has 0 spiro atoms. The van der Waals surface area contributed by atoms with E-state index in [0.717, 1.165) is 31.6 Å². The first-order valence-corrected chi connectivity index (χ1v) is 7.95. The molecule has 2 N–H and O–H groups in total. The van der Waals surface area contributed by atoms with Crippen molar-refractivity contribution in [1.82, 2.24) is 4.90 Å². The predicted molar refractivity (Wildman–Crippen MR) is 88.8 cm³/mol. The van der Waals surface area contributed by atoms with Crippen LogP contribution in [0.15, 0.2) is 18.2 Å². The minimum atomic E-state index is -0.246. The zero-order valence-electron chi connectivity index (χ0n) is 12.8. The summed E-state index contributed by atoms with van der Waals surface area (Å²) in [7, 11) is 1.89. The molecule has 21 heavy (non-hydrogen) atoms. The van der Waals surface area contributed by atoms with Crippen LogP contribution in [-0.4, -0.2) is 37.0 Å². The molecule has 1 aromatic carbocycles. The van der Waals surface area contributed by atoms with Gasteiger partial charge in [-0.05, 0) is 38.0 Å². The Morgan fingerprint density at radius 1 is 1.29 bits per heavy atom. The lowest BCUT2D eigenvalue weighted by Gasteiger charge is -2.31. The van der Waals surface area contributed by atoms with Gasteiger partial charge >= 0.3 is 0 Å². The van der Waals surface area contributed by atoms with Crippen LogP contribution in [0.4, 0.5) is 11.4 Å². The van der Waals surface area contributed by atoms with E-state index in [4.69, 9.17) is 17.3 Å². The number of carbonyl (C=O) groups is 1. The highest BCUT2D eigenvalue weighted by molar-refractivity contribution is 6.31. The summed E-state index contributed by atoms with van der Waals surface area (Å²) in [5.74, 6) is 0.166. The van der Waals surface area contributed by atoms with E-state index in [2.05, 4.69) is 0 Å². The largest absolute Gasteiger partial charge is 0.397 e. The first-order chi connectivity index (χ1) is 10.0. The number of hydrogen-bond donors (Lipinski definition) is 1.